The van der Waals surface area contributed by atoms with Crippen molar-refractivity contribution in [3.8, 4) is 0 Å². The highest BCUT2D eigenvalue weighted by molar-refractivity contribution is 5.95. The maximum Gasteiger partial charge on any atom is 0.326 e. The topological polar surface area (TPSA) is 194 Å². The molecule has 0 aliphatic carbocycles. The minimum Gasteiger partial charge on any atom is -0.480 e. The van der Waals surface area contributed by atoms with Crippen LogP contribution < -0.4 is 21.3 Å². The van der Waals surface area contributed by atoms with Crippen LogP contribution in [0.5, 0.6) is 0 Å². The van der Waals surface area contributed by atoms with Crippen molar-refractivity contribution in [3.05, 3.63) is 0 Å². The Morgan fingerprint density at radius 3 is 1.73 bits per heavy atom. The molecule has 12 heteroatoms. The smallest absolute Gasteiger partial charge is 0.326 e. The van der Waals surface area contributed by atoms with E-state index >= 15 is 0 Å². The highest BCUT2D eigenvalue weighted by Crippen LogP contribution is 2.04. The summed E-state index contributed by atoms with van der Waals surface area (Å²) in [5, 5.41) is 37.9. The number of aliphatic hydroxyl groups is 2. The number of aliphatic carboxylic acids is 1. The first-order chi connectivity index (χ1) is 15.2. The molecule has 0 radical (unpaired) electrons. The summed E-state index contributed by atoms with van der Waals surface area (Å²) in [6.45, 7) is 8.92. The Morgan fingerprint density at radius 1 is 0.758 bits per heavy atom. The van der Waals surface area contributed by atoms with Crippen LogP contribution in [0.15, 0.2) is 0 Å². The van der Waals surface area contributed by atoms with Crippen LogP contribution in [-0.2, 0) is 24.0 Å². The van der Waals surface area contributed by atoms with Crippen LogP contribution in [0.4, 0.5) is 0 Å². The Morgan fingerprint density at radius 2 is 1.30 bits per heavy atom. The van der Waals surface area contributed by atoms with E-state index in [9.17, 15) is 39.3 Å². The molecule has 4 amide bonds. The Bertz CT molecular complexity index is 696. The van der Waals surface area contributed by atoms with Crippen molar-refractivity contribution in [2.45, 2.75) is 84.7 Å². The zero-order valence-corrected chi connectivity index (χ0v) is 20.0. The minimum absolute atomic E-state index is 0.155. The van der Waals surface area contributed by atoms with Gasteiger partial charge in [0, 0.05) is 6.42 Å². The van der Waals surface area contributed by atoms with Crippen LogP contribution in [0, 0.1) is 11.8 Å². The van der Waals surface area contributed by atoms with Gasteiger partial charge in [-0.05, 0) is 32.1 Å². The minimum atomic E-state index is -1.49. The van der Waals surface area contributed by atoms with E-state index in [4.69, 9.17) is 0 Å². The third-order valence-electron chi connectivity index (χ3n) is 4.83. The van der Waals surface area contributed by atoms with Crippen molar-refractivity contribution in [1.29, 1.82) is 0 Å². The number of carbonyl (C=O) groups is 5. The molecule has 0 spiro atoms. The largest absolute Gasteiger partial charge is 0.480 e. The summed E-state index contributed by atoms with van der Waals surface area (Å²) in [7, 11) is 0. The number of carboxylic acid groups (broad SMARTS) is 1. The first-order valence-electron chi connectivity index (χ1n) is 10.9. The molecular formula is C21H38N4O8. The molecule has 0 saturated carbocycles. The predicted molar refractivity (Wildman–Crippen MR) is 119 cm³/mol. The van der Waals surface area contributed by atoms with Gasteiger partial charge >= 0.3 is 5.97 Å². The molecule has 33 heavy (non-hydrogen) atoms. The SMILES string of the molecule is CC(C)CCC(=O)N[C@@H](CO)C(=O)N[C@H](C(=O)N[C@@H](C)C(=O)N[C@H](C(=O)O)C(C)C)[C@@H](C)O. The second-order valence-corrected chi connectivity index (χ2v) is 8.76. The monoisotopic (exact) mass is 474 g/mol. The number of hydrogen-bond acceptors (Lipinski definition) is 7. The molecule has 0 aromatic rings. The van der Waals surface area contributed by atoms with Crippen molar-refractivity contribution >= 4 is 29.6 Å². The van der Waals surface area contributed by atoms with E-state index in [0.29, 0.717) is 6.42 Å². The number of aliphatic hydroxyl groups excluding tert-OH is 2. The van der Waals surface area contributed by atoms with Gasteiger partial charge in [-0.15, -0.1) is 0 Å². The average Bonchev–Trinajstić information content (AvgIpc) is 2.70. The van der Waals surface area contributed by atoms with Gasteiger partial charge in [0.05, 0.1) is 12.7 Å². The van der Waals surface area contributed by atoms with Crippen LogP contribution in [0.1, 0.15) is 54.4 Å². The maximum absolute atomic E-state index is 12.6. The molecule has 0 saturated heterocycles. The summed E-state index contributed by atoms with van der Waals surface area (Å²) < 4.78 is 0. The van der Waals surface area contributed by atoms with Gasteiger partial charge in [0.1, 0.15) is 24.2 Å². The highest BCUT2D eigenvalue weighted by atomic mass is 16.4. The third-order valence-corrected chi connectivity index (χ3v) is 4.83. The van der Waals surface area contributed by atoms with Crippen molar-refractivity contribution in [2.75, 3.05) is 6.61 Å². The lowest BCUT2D eigenvalue weighted by atomic mass is 10.0. The average molecular weight is 475 g/mol. The van der Waals surface area contributed by atoms with E-state index in [0.717, 1.165) is 0 Å². The van der Waals surface area contributed by atoms with E-state index in [2.05, 4.69) is 21.3 Å². The summed E-state index contributed by atoms with van der Waals surface area (Å²) >= 11 is 0. The number of rotatable bonds is 14. The summed E-state index contributed by atoms with van der Waals surface area (Å²) in [6.07, 6.45) is -0.631. The van der Waals surface area contributed by atoms with E-state index in [1.165, 1.54) is 13.8 Å². The van der Waals surface area contributed by atoms with Gasteiger partial charge in [0.15, 0.2) is 0 Å². The van der Waals surface area contributed by atoms with Crippen molar-refractivity contribution in [1.82, 2.24) is 21.3 Å². The molecule has 0 aliphatic heterocycles. The molecule has 0 aliphatic rings. The zero-order chi connectivity index (χ0) is 25.9. The normalized spacial score (nSPS) is 15.7. The summed E-state index contributed by atoms with van der Waals surface area (Å²) in [4.78, 5) is 60.5. The lowest BCUT2D eigenvalue weighted by molar-refractivity contribution is -0.143. The van der Waals surface area contributed by atoms with Crippen molar-refractivity contribution in [2.24, 2.45) is 11.8 Å². The van der Waals surface area contributed by atoms with Crippen molar-refractivity contribution in [3.63, 3.8) is 0 Å². The zero-order valence-electron chi connectivity index (χ0n) is 20.0. The Hall–Kier alpha value is -2.73. The summed E-state index contributed by atoms with van der Waals surface area (Å²) in [5.41, 5.74) is 0. The second-order valence-electron chi connectivity index (χ2n) is 8.76. The molecule has 0 heterocycles. The number of carboxylic acids is 1. The molecule has 0 rings (SSSR count). The highest BCUT2D eigenvalue weighted by Gasteiger charge is 2.32. The van der Waals surface area contributed by atoms with Gasteiger partial charge in [-0.2, -0.15) is 0 Å². The van der Waals surface area contributed by atoms with E-state index in [1.807, 2.05) is 13.8 Å². The van der Waals surface area contributed by atoms with Gasteiger partial charge in [0.25, 0.3) is 0 Å². The molecule has 7 N–H and O–H groups in total. The lowest BCUT2D eigenvalue weighted by Crippen LogP contribution is -2.60. The van der Waals surface area contributed by atoms with Crippen LogP contribution in [0.25, 0.3) is 0 Å². The van der Waals surface area contributed by atoms with Crippen molar-refractivity contribution < 1.29 is 39.3 Å². The molecule has 0 bridgehead atoms. The molecule has 190 valence electrons. The first-order valence-corrected chi connectivity index (χ1v) is 10.9. The molecule has 0 aromatic carbocycles. The van der Waals surface area contributed by atoms with E-state index in [1.54, 1.807) is 13.8 Å². The Kier molecular flexibility index (Phi) is 13.2. The molecule has 0 fully saturated rings. The van der Waals surface area contributed by atoms with Gasteiger partial charge in [-0.3, -0.25) is 19.2 Å². The summed E-state index contributed by atoms with van der Waals surface area (Å²) in [6, 6.07) is -5.15. The first kappa shape index (κ1) is 30.3. The fraction of sp³-hybridized carbons (Fsp3) is 0.762. The van der Waals surface area contributed by atoms with Crippen LogP contribution in [0.3, 0.4) is 0 Å². The molecule has 5 atom stereocenters. The third kappa shape index (κ3) is 11.1. The fourth-order valence-electron chi connectivity index (χ4n) is 2.70. The number of carbonyl (C=O) groups excluding carboxylic acids is 4. The maximum atomic E-state index is 12.6. The number of hydrogen-bond donors (Lipinski definition) is 7. The fourth-order valence-corrected chi connectivity index (χ4v) is 2.70. The summed E-state index contributed by atoms with van der Waals surface area (Å²) in [5.74, 6) is -4.35. The molecule has 0 unspecified atom stereocenters. The molecular weight excluding hydrogens is 436 g/mol. The van der Waals surface area contributed by atoms with E-state index < -0.39 is 72.4 Å². The van der Waals surface area contributed by atoms with E-state index in [-0.39, 0.29) is 12.3 Å². The van der Waals surface area contributed by atoms with Gasteiger partial charge in [0.2, 0.25) is 23.6 Å². The number of amides is 4. The Labute approximate surface area is 193 Å². The van der Waals surface area contributed by atoms with Gasteiger partial charge in [-0.1, -0.05) is 27.7 Å². The quantitative estimate of drug-likeness (QED) is 0.158. The predicted octanol–water partition coefficient (Wildman–Crippen LogP) is -1.50. The van der Waals surface area contributed by atoms with Crippen LogP contribution in [0.2, 0.25) is 0 Å². The molecule has 12 nitrogen and oxygen atoms in total. The molecule has 0 aromatic heterocycles. The van der Waals surface area contributed by atoms with Crippen LogP contribution in [-0.4, -0.2) is 81.8 Å². The Balaban J connectivity index is 5.10. The number of nitrogens with one attached hydrogen (secondary N) is 4. The lowest BCUT2D eigenvalue weighted by Gasteiger charge is -2.26. The van der Waals surface area contributed by atoms with Gasteiger partial charge < -0.3 is 36.6 Å². The second kappa shape index (κ2) is 14.4. The standard InChI is InChI=1S/C21H38N4O8/c1-10(2)7-8-15(28)23-14(9-26)19(30)25-17(13(6)27)20(31)22-12(5)18(29)24-16(11(3)4)21(32)33/h10-14,16-17,26-27H,7-9H2,1-6H3,(H,22,31)(H,23,28)(H,24,29)(H,25,30)(H,32,33)/t12-,13+,14-,16-,17-/m0/s1. The van der Waals surface area contributed by atoms with Gasteiger partial charge in [-0.25, -0.2) is 4.79 Å². The van der Waals surface area contributed by atoms with Crippen LogP contribution >= 0.6 is 0 Å².